The molecule has 0 radical (unpaired) electrons. The van der Waals surface area contributed by atoms with E-state index in [-0.39, 0.29) is 0 Å². The Morgan fingerprint density at radius 1 is 1.50 bits per heavy atom. The molecule has 0 N–H and O–H groups in total. The maximum Gasteiger partial charge on any atom is 0.128 e. The number of nitrogens with zero attached hydrogens (tertiary/aromatic N) is 2. The normalized spacial score (nSPS) is 10.3. The topological polar surface area (TPSA) is 25.4 Å². The van der Waals surface area contributed by atoms with E-state index in [0.717, 1.165) is 22.5 Å². The molecule has 1 aromatic heterocycles. The van der Waals surface area contributed by atoms with E-state index < -0.39 is 0 Å². The summed E-state index contributed by atoms with van der Waals surface area (Å²) in [6.45, 7) is 3.55. The summed E-state index contributed by atoms with van der Waals surface area (Å²) in [5.74, 6) is 0.975. The first-order valence-corrected chi connectivity index (χ1v) is 5.27. The Labute approximate surface area is 93.2 Å². The number of halogens is 1. The summed E-state index contributed by atoms with van der Waals surface area (Å²) >= 11 is 3.43. The molecule has 0 aliphatic heterocycles. The van der Waals surface area contributed by atoms with E-state index in [2.05, 4.69) is 25.8 Å². The van der Waals surface area contributed by atoms with Crippen molar-refractivity contribution in [2.45, 2.75) is 6.92 Å². The van der Waals surface area contributed by atoms with E-state index in [0.29, 0.717) is 6.61 Å². The van der Waals surface area contributed by atoms with Crippen molar-refractivity contribution in [3.05, 3.63) is 22.3 Å². The van der Waals surface area contributed by atoms with Crippen LogP contribution in [0.1, 0.15) is 5.69 Å². The minimum Gasteiger partial charge on any atom is -0.383 e. The minimum absolute atomic E-state index is 0.716. The number of pyridine rings is 1. The van der Waals surface area contributed by atoms with Gasteiger partial charge in [-0.2, -0.15) is 0 Å². The lowest BCUT2D eigenvalue weighted by atomic mass is 10.3. The molecule has 0 aliphatic rings. The molecule has 0 spiro atoms. The molecule has 1 heterocycles. The van der Waals surface area contributed by atoms with Crippen molar-refractivity contribution in [1.29, 1.82) is 0 Å². The van der Waals surface area contributed by atoms with Gasteiger partial charge in [0.05, 0.1) is 12.3 Å². The smallest absolute Gasteiger partial charge is 0.128 e. The zero-order valence-electron chi connectivity index (χ0n) is 8.75. The molecule has 78 valence electrons. The molecule has 0 unspecified atom stereocenters. The van der Waals surface area contributed by atoms with Crippen LogP contribution in [0.4, 0.5) is 5.82 Å². The van der Waals surface area contributed by atoms with E-state index in [1.807, 2.05) is 26.1 Å². The number of aryl methyl sites for hydroxylation is 1. The number of ether oxygens (including phenoxy) is 1. The summed E-state index contributed by atoms with van der Waals surface area (Å²) in [5.41, 5.74) is 1.01. The molecule has 4 heteroatoms. The van der Waals surface area contributed by atoms with Gasteiger partial charge in [0.25, 0.3) is 0 Å². The fourth-order valence-electron chi connectivity index (χ4n) is 1.09. The molecule has 1 rings (SSSR count). The van der Waals surface area contributed by atoms with Crippen molar-refractivity contribution in [2.24, 2.45) is 0 Å². The Morgan fingerprint density at radius 3 is 2.79 bits per heavy atom. The van der Waals surface area contributed by atoms with Crippen LogP contribution in [0.2, 0.25) is 0 Å². The van der Waals surface area contributed by atoms with Crippen LogP contribution >= 0.6 is 15.9 Å². The number of hydrogen-bond donors (Lipinski definition) is 0. The summed E-state index contributed by atoms with van der Waals surface area (Å²) in [6.07, 6.45) is 0. The van der Waals surface area contributed by atoms with E-state index in [9.17, 15) is 0 Å². The lowest BCUT2D eigenvalue weighted by Gasteiger charge is -2.18. The minimum atomic E-state index is 0.716. The van der Waals surface area contributed by atoms with Crippen LogP contribution in [0.5, 0.6) is 0 Å². The van der Waals surface area contributed by atoms with Gasteiger partial charge in [0.2, 0.25) is 0 Å². The average Bonchev–Trinajstić information content (AvgIpc) is 2.18. The lowest BCUT2D eigenvalue weighted by Crippen LogP contribution is -2.23. The van der Waals surface area contributed by atoms with Crippen molar-refractivity contribution < 1.29 is 4.74 Å². The van der Waals surface area contributed by atoms with Crippen LogP contribution in [0.15, 0.2) is 16.6 Å². The highest BCUT2D eigenvalue weighted by molar-refractivity contribution is 9.10. The summed E-state index contributed by atoms with van der Waals surface area (Å²) < 4.78 is 6.05. The second kappa shape index (κ2) is 5.32. The van der Waals surface area contributed by atoms with E-state index >= 15 is 0 Å². The second-order valence-electron chi connectivity index (χ2n) is 3.15. The summed E-state index contributed by atoms with van der Waals surface area (Å²) in [6, 6.07) is 4.01. The number of likely N-dealkylation sites (N-methyl/N-ethyl adjacent to an activating group) is 1. The van der Waals surface area contributed by atoms with E-state index in [1.54, 1.807) is 7.11 Å². The van der Waals surface area contributed by atoms with Crippen LogP contribution in [-0.2, 0) is 4.74 Å². The average molecular weight is 259 g/mol. The predicted octanol–water partition coefficient (Wildman–Crippen LogP) is 2.24. The van der Waals surface area contributed by atoms with Crippen molar-refractivity contribution in [1.82, 2.24) is 4.98 Å². The fourth-order valence-corrected chi connectivity index (χ4v) is 1.31. The molecular weight excluding hydrogens is 244 g/mol. The number of methoxy groups -OCH3 is 1. The molecule has 0 bridgehead atoms. The molecule has 0 saturated heterocycles. The molecule has 14 heavy (non-hydrogen) atoms. The molecule has 0 atom stereocenters. The first-order chi connectivity index (χ1) is 6.65. The van der Waals surface area contributed by atoms with Crippen molar-refractivity contribution in [3.8, 4) is 0 Å². The summed E-state index contributed by atoms with van der Waals surface area (Å²) in [4.78, 5) is 6.52. The Balaban J connectivity index is 2.70. The molecule has 0 aromatic carbocycles. The maximum absolute atomic E-state index is 5.01. The third-order valence-electron chi connectivity index (χ3n) is 2.03. The first kappa shape index (κ1) is 11.5. The van der Waals surface area contributed by atoms with Gasteiger partial charge >= 0.3 is 0 Å². The monoisotopic (exact) mass is 258 g/mol. The third kappa shape index (κ3) is 2.96. The fraction of sp³-hybridized carbons (Fsp3) is 0.500. The highest BCUT2D eigenvalue weighted by Crippen LogP contribution is 2.17. The number of aromatic nitrogens is 1. The Bertz CT molecular complexity index is 304. The second-order valence-corrected chi connectivity index (χ2v) is 4.01. The molecule has 1 aromatic rings. The third-order valence-corrected chi connectivity index (χ3v) is 2.87. The summed E-state index contributed by atoms with van der Waals surface area (Å²) in [7, 11) is 3.71. The molecule has 0 saturated carbocycles. The maximum atomic E-state index is 5.01. The van der Waals surface area contributed by atoms with Gasteiger partial charge in [-0.25, -0.2) is 4.98 Å². The molecule has 0 fully saturated rings. The van der Waals surface area contributed by atoms with Crippen molar-refractivity contribution >= 4 is 21.7 Å². The van der Waals surface area contributed by atoms with Crippen molar-refractivity contribution in [2.75, 3.05) is 32.2 Å². The van der Waals surface area contributed by atoms with Gasteiger partial charge in [-0.15, -0.1) is 0 Å². The number of anilines is 1. The Morgan fingerprint density at radius 2 is 2.21 bits per heavy atom. The Kier molecular flexibility index (Phi) is 4.35. The predicted molar refractivity (Wildman–Crippen MR) is 61.8 cm³/mol. The van der Waals surface area contributed by atoms with E-state index in [4.69, 9.17) is 4.74 Å². The zero-order valence-corrected chi connectivity index (χ0v) is 10.3. The quantitative estimate of drug-likeness (QED) is 0.829. The van der Waals surface area contributed by atoms with Crippen LogP contribution in [0.25, 0.3) is 0 Å². The van der Waals surface area contributed by atoms with Crippen LogP contribution in [0.3, 0.4) is 0 Å². The highest BCUT2D eigenvalue weighted by atomic mass is 79.9. The van der Waals surface area contributed by atoms with E-state index in [1.165, 1.54) is 0 Å². The Hall–Kier alpha value is -0.610. The zero-order chi connectivity index (χ0) is 10.6. The van der Waals surface area contributed by atoms with Gasteiger partial charge in [0.15, 0.2) is 0 Å². The van der Waals surface area contributed by atoms with Gasteiger partial charge in [-0.1, -0.05) is 0 Å². The number of hydrogen-bond acceptors (Lipinski definition) is 3. The SMILES string of the molecule is COCCN(C)c1ccc(Br)c(C)n1. The standard InChI is InChI=1S/C10H15BrN2O/c1-8-9(11)4-5-10(12-8)13(2)6-7-14-3/h4-5H,6-7H2,1-3H3. The summed E-state index contributed by atoms with van der Waals surface area (Å²) in [5, 5.41) is 0. The van der Waals surface area contributed by atoms with Gasteiger partial charge < -0.3 is 9.64 Å². The lowest BCUT2D eigenvalue weighted by molar-refractivity contribution is 0.206. The first-order valence-electron chi connectivity index (χ1n) is 4.48. The van der Waals surface area contributed by atoms with Crippen molar-refractivity contribution in [3.63, 3.8) is 0 Å². The van der Waals surface area contributed by atoms with Crippen LogP contribution in [-0.4, -0.2) is 32.3 Å². The molecule has 0 aliphatic carbocycles. The van der Waals surface area contributed by atoms with Gasteiger partial charge in [0, 0.05) is 25.2 Å². The largest absolute Gasteiger partial charge is 0.383 e. The van der Waals surface area contributed by atoms with Crippen LogP contribution in [0, 0.1) is 6.92 Å². The molecular formula is C10H15BrN2O. The van der Waals surface area contributed by atoms with Gasteiger partial charge in [-0.05, 0) is 35.0 Å². The van der Waals surface area contributed by atoms with Crippen LogP contribution < -0.4 is 4.90 Å². The number of rotatable bonds is 4. The van der Waals surface area contributed by atoms with Gasteiger partial charge in [-0.3, -0.25) is 0 Å². The highest BCUT2D eigenvalue weighted by Gasteiger charge is 2.03. The van der Waals surface area contributed by atoms with Gasteiger partial charge in [0.1, 0.15) is 5.82 Å². The molecule has 3 nitrogen and oxygen atoms in total. The molecule has 0 amide bonds.